The number of aryl methyl sites for hydroxylation is 2. The topological polar surface area (TPSA) is 49.0 Å². The zero-order valence-corrected chi connectivity index (χ0v) is 13.5. The lowest BCUT2D eigenvalue weighted by atomic mass is 10.3. The van der Waals surface area contributed by atoms with Crippen LogP contribution in [-0.2, 0) is 4.74 Å². The molecule has 0 amide bonds. The van der Waals surface area contributed by atoms with E-state index in [1.807, 2.05) is 60.9 Å². The predicted molar refractivity (Wildman–Crippen MR) is 88.3 cm³/mol. The average Bonchev–Trinajstić information content (AvgIpc) is 3.12. The van der Waals surface area contributed by atoms with E-state index in [0.29, 0.717) is 18.0 Å². The molecule has 0 N–H and O–H groups in total. The zero-order chi connectivity index (χ0) is 16.4. The predicted octanol–water partition coefficient (Wildman–Crippen LogP) is 3.46. The van der Waals surface area contributed by atoms with Gasteiger partial charge in [0.05, 0.1) is 18.5 Å². The van der Waals surface area contributed by atoms with Gasteiger partial charge in [0.1, 0.15) is 5.56 Å². The summed E-state index contributed by atoms with van der Waals surface area (Å²) in [5, 5.41) is 4.42. The van der Waals surface area contributed by atoms with Crippen LogP contribution in [0.4, 0.5) is 0 Å². The summed E-state index contributed by atoms with van der Waals surface area (Å²) in [5.41, 5.74) is 3.42. The van der Waals surface area contributed by atoms with Gasteiger partial charge >= 0.3 is 5.97 Å². The number of para-hydroxylation sites is 1. The van der Waals surface area contributed by atoms with Gasteiger partial charge in [0.15, 0.2) is 5.82 Å². The minimum Gasteiger partial charge on any atom is -0.462 e. The third-order valence-electron chi connectivity index (χ3n) is 3.72. The molecule has 0 fully saturated rings. The largest absolute Gasteiger partial charge is 0.462 e. The van der Waals surface area contributed by atoms with Crippen LogP contribution in [0, 0.1) is 13.8 Å². The summed E-state index contributed by atoms with van der Waals surface area (Å²) in [5.74, 6) is 0.340. The van der Waals surface area contributed by atoms with E-state index in [1.165, 1.54) is 0 Å². The quantitative estimate of drug-likeness (QED) is 0.694. The highest BCUT2D eigenvalue weighted by molar-refractivity contribution is 5.93. The molecule has 118 valence electrons. The molecular weight excluding hydrogens is 290 g/mol. The number of ether oxygens (including phenoxy) is 1. The van der Waals surface area contributed by atoms with Gasteiger partial charge in [-0.25, -0.2) is 9.48 Å². The lowest BCUT2D eigenvalue weighted by Crippen LogP contribution is -2.13. The molecule has 2 aromatic heterocycles. The van der Waals surface area contributed by atoms with Crippen LogP contribution >= 0.6 is 0 Å². The number of nitrogens with zero attached hydrogens (tertiary/aromatic N) is 3. The highest BCUT2D eigenvalue weighted by Crippen LogP contribution is 2.24. The van der Waals surface area contributed by atoms with E-state index < -0.39 is 0 Å². The minimum atomic E-state index is -0.364. The molecular formula is C18H19N3O2. The van der Waals surface area contributed by atoms with Crippen LogP contribution < -0.4 is 0 Å². The third-order valence-corrected chi connectivity index (χ3v) is 3.72. The Morgan fingerprint density at radius 3 is 2.35 bits per heavy atom. The van der Waals surface area contributed by atoms with Crippen LogP contribution in [0.15, 0.2) is 48.7 Å². The summed E-state index contributed by atoms with van der Waals surface area (Å²) in [6, 6.07) is 13.8. The lowest BCUT2D eigenvalue weighted by molar-refractivity contribution is 0.0526. The number of esters is 1. The maximum Gasteiger partial charge on any atom is 0.343 e. The standard InChI is InChI=1S/C18H19N3O2/c1-4-23-18(22)16-12-19-21(15-8-6-5-7-9-15)17(16)20-13(2)10-11-14(20)3/h5-12H,4H2,1-3H3. The van der Waals surface area contributed by atoms with Crippen molar-refractivity contribution in [3.8, 4) is 11.5 Å². The van der Waals surface area contributed by atoms with Gasteiger partial charge in [-0.3, -0.25) is 0 Å². The van der Waals surface area contributed by atoms with Crippen LogP contribution in [0.5, 0.6) is 0 Å². The average molecular weight is 309 g/mol. The summed E-state index contributed by atoms with van der Waals surface area (Å²) in [6.45, 7) is 6.14. The Hall–Kier alpha value is -2.82. The van der Waals surface area contributed by atoms with Crippen molar-refractivity contribution < 1.29 is 9.53 Å². The molecule has 0 aliphatic rings. The molecule has 0 aliphatic heterocycles. The van der Waals surface area contributed by atoms with Gasteiger partial charge in [-0.1, -0.05) is 18.2 Å². The van der Waals surface area contributed by atoms with E-state index in [9.17, 15) is 4.79 Å². The van der Waals surface area contributed by atoms with Crippen LogP contribution in [0.1, 0.15) is 28.7 Å². The molecule has 0 spiro atoms. The number of rotatable bonds is 4. The third kappa shape index (κ3) is 2.65. The number of hydrogen-bond acceptors (Lipinski definition) is 3. The fraction of sp³-hybridized carbons (Fsp3) is 0.222. The first-order chi connectivity index (χ1) is 11.1. The molecule has 3 rings (SSSR count). The molecule has 0 aliphatic carbocycles. The number of carbonyl (C=O) groups excluding carboxylic acids is 1. The molecule has 0 unspecified atom stereocenters. The fourth-order valence-corrected chi connectivity index (χ4v) is 2.67. The van der Waals surface area contributed by atoms with Gasteiger partial charge in [-0.15, -0.1) is 0 Å². The highest BCUT2D eigenvalue weighted by Gasteiger charge is 2.22. The van der Waals surface area contributed by atoms with Crippen molar-refractivity contribution in [3.63, 3.8) is 0 Å². The summed E-state index contributed by atoms with van der Waals surface area (Å²) in [7, 11) is 0. The number of benzene rings is 1. The molecule has 0 bridgehead atoms. The van der Waals surface area contributed by atoms with E-state index in [2.05, 4.69) is 5.10 Å². The van der Waals surface area contributed by atoms with Crippen LogP contribution in [-0.4, -0.2) is 26.9 Å². The smallest absolute Gasteiger partial charge is 0.343 e. The SMILES string of the molecule is CCOC(=O)c1cnn(-c2ccccc2)c1-n1c(C)ccc1C. The Bertz CT molecular complexity index is 812. The molecule has 3 aromatic rings. The first-order valence-electron chi connectivity index (χ1n) is 7.59. The molecule has 0 atom stereocenters. The molecule has 0 radical (unpaired) electrons. The van der Waals surface area contributed by atoms with E-state index in [0.717, 1.165) is 17.1 Å². The summed E-state index contributed by atoms with van der Waals surface area (Å²) >= 11 is 0. The van der Waals surface area contributed by atoms with Crippen LogP contribution in [0.25, 0.3) is 11.5 Å². The summed E-state index contributed by atoms with van der Waals surface area (Å²) in [6.07, 6.45) is 1.57. The lowest BCUT2D eigenvalue weighted by Gasteiger charge is -2.14. The maximum atomic E-state index is 12.3. The molecule has 5 nitrogen and oxygen atoms in total. The van der Waals surface area contributed by atoms with Crippen molar-refractivity contribution in [2.24, 2.45) is 0 Å². The van der Waals surface area contributed by atoms with E-state index >= 15 is 0 Å². The molecule has 5 heteroatoms. The Labute approximate surface area is 135 Å². The highest BCUT2D eigenvalue weighted by atomic mass is 16.5. The summed E-state index contributed by atoms with van der Waals surface area (Å²) < 4.78 is 8.98. The van der Waals surface area contributed by atoms with Crippen LogP contribution in [0.3, 0.4) is 0 Å². The molecule has 1 aromatic carbocycles. The van der Waals surface area contributed by atoms with Crippen molar-refractivity contribution in [1.29, 1.82) is 0 Å². The van der Waals surface area contributed by atoms with E-state index in [4.69, 9.17) is 4.74 Å². The normalized spacial score (nSPS) is 10.7. The number of hydrogen-bond donors (Lipinski definition) is 0. The van der Waals surface area contributed by atoms with Gasteiger partial charge in [-0.2, -0.15) is 5.10 Å². The first-order valence-corrected chi connectivity index (χ1v) is 7.59. The maximum absolute atomic E-state index is 12.3. The van der Waals surface area contributed by atoms with Crippen molar-refractivity contribution in [1.82, 2.24) is 14.3 Å². The monoisotopic (exact) mass is 309 g/mol. The van der Waals surface area contributed by atoms with Crippen molar-refractivity contribution in [2.45, 2.75) is 20.8 Å². The van der Waals surface area contributed by atoms with E-state index in [-0.39, 0.29) is 5.97 Å². The zero-order valence-electron chi connectivity index (χ0n) is 13.5. The van der Waals surface area contributed by atoms with Gasteiger partial charge < -0.3 is 9.30 Å². The fourth-order valence-electron chi connectivity index (χ4n) is 2.67. The Morgan fingerprint density at radius 1 is 1.09 bits per heavy atom. The second-order valence-electron chi connectivity index (χ2n) is 5.30. The van der Waals surface area contributed by atoms with Crippen LogP contribution in [0.2, 0.25) is 0 Å². The van der Waals surface area contributed by atoms with Gasteiger partial charge in [0, 0.05) is 11.4 Å². The Kier molecular flexibility index (Phi) is 4.02. The summed E-state index contributed by atoms with van der Waals surface area (Å²) in [4.78, 5) is 12.3. The van der Waals surface area contributed by atoms with Gasteiger partial charge in [0.25, 0.3) is 0 Å². The van der Waals surface area contributed by atoms with Crippen molar-refractivity contribution in [3.05, 3.63) is 65.6 Å². The second-order valence-corrected chi connectivity index (χ2v) is 5.30. The van der Waals surface area contributed by atoms with Gasteiger partial charge in [0.2, 0.25) is 0 Å². The molecule has 0 saturated heterocycles. The van der Waals surface area contributed by atoms with Crippen molar-refractivity contribution >= 4 is 5.97 Å². The van der Waals surface area contributed by atoms with E-state index in [1.54, 1.807) is 17.8 Å². The second kappa shape index (κ2) is 6.12. The molecule has 23 heavy (non-hydrogen) atoms. The Morgan fingerprint density at radius 2 is 1.74 bits per heavy atom. The van der Waals surface area contributed by atoms with Crippen molar-refractivity contribution in [2.75, 3.05) is 6.61 Å². The minimum absolute atomic E-state index is 0.332. The Balaban J connectivity index is 2.25. The molecule has 2 heterocycles. The molecule has 0 saturated carbocycles. The number of aromatic nitrogens is 3. The number of carbonyl (C=O) groups is 1. The first kappa shape index (κ1) is 15.1. The van der Waals surface area contributed by atoms with Gasteiger partial charge in [-0.05, 0) is 45.0 Å².